The number of sulfonamides is 1. The molecule has 0 amide bonds. The summed E-state index contributed by atoms with van der Waals surface area (Å²) in [5, 5.41) is 3.45. The first-order valence-corrected chi connectivity index (χ1v) is 9.83. The first kappa shape index (κ1) is 17.9. The summed E-state index contributed by atoms with van der Waals surface area (Å²) in [4.78, 5) is 0. The van der Waals surface area contributed by atoms with Crippen molar-refractivity contribution in [2.75, 3.05) is 32.4 Å². The summed E-state index contributed by atoms with van der Waals surface area (Å²) in [5.74, 6) is 1.90. The van der Waals surface area contributed by atoms with Crippen LogP contribution in [0, 0.1) is 17.8 Å². The van der Waals surface area contributed by atoms with Crippen molar-refractivity contribution in [3.05, 3.63) is 0 Å². The van der Waals surface area contributed by atoms with Gasteiger partial charge in [-0.3, -0.25) is 0 Å². The van der Waals surface area contributed by atoms with Gasteiger partial charge in [0, 0.05) is 13.1 Å². The lowest BCUT2D eigenvalue weighted by atomic mass is 9.84. The number of nitrogens with one attached hydrogen (secondary N) is 1. The van der Waals surface area contributed by atoms with E-state index in [1.807, 2.05) is 0 Å². The van der Waals surface area contributed by atoms with Crippen molar-refractivity contribution >= 4 is 10.0 Å². The second-order valence-electron chi connectivity index (χ2n) is 6.67. The van der Waals surface area contributed by atoms with Crippen molar-refractivity contribution in [2.24, 2.45) is 17.8 Å². The molecule has 2 atom stereocenters. The van der Waals surface area contributed by atoms with Gasteiger partial charge in [0.1, 0.15) is 0 Å². The van der Waals surface area contributed by atoms with E-state index in [-0.39, 0.29) is 0 Å². The fourth-order valence-electron chi connectivity index (χ4n) is 3.27. The van der Waals surface area contributed by atoms with Crippen molar-refractivity contribution in [3.63, 3.8) is 0 Å². The predicted octanol–water partition coefficient (Wildman–Crippen LogP) is 2.32. The van der Waals surface area contributed by atoms with Crippen LogP contribution in [0.5, 0.6) is 0 Å². The van der Waals surface area contributed by atoms with Crippen molar-refractivity contribution in [1.29, 1.82) is 0 Å². The normalized spacial score (nSPS) is 23.1. The highest BCUT2D eigenvalue weighted by molar-refractivity contribution is 7.88. The minimum absolute atomic E-state index is 0.529. The Balaban J connectivity index is 2.54. The molecule has 1 heterocycles. The van der Waals surface area contributed by atoms with Gasteiger partial charge in [0.2, 0.25) is 10.0 Å². The minimum atomic E-state index is -3.02. The molecule has 1 aliphatic rings. The van der Waals surface area contributed by atoms with Crippen LogP contribution in [0.2, 0.25) is 0 Å². The van der Waals surface area contributed by atoms with Gasteiger partial charge >= 0.3 is 0 Å². The molecule has 1 N–H and O–H groups in total. The molecule has 0 saturated carbocycles. The van der Waals surface area contributed by atoms with Gasteiger partial charge in [0.05, 0.1) is 6.26 Å². The lowest BCUT2D eigenvalue weighted by Crippen LogP contribution is -2.40. The molecule has 5 heteroatoms. The number of rotatable bonds is 8. The first-order chi connectivity index (χ1) is 9.32. The van der Waals surface area contributed by atoms with E-state index in [9.17, 15) is 8.42 Å². The molecular formula is C15H32N2O2S. The minimum Gasteiger partial charge on any atom is -0.317 e. The molecule has 0 aromatic rings. The zero-order valence-electron chi connectivity index (χ0n) is 13.6. The number of piperidine rings is 1. The standard InChI is InChI=1S/C15H32N2O2S/c1-5-16-11-15(9-13(2)3)10-14-7-6-8-17(12-14)20(4,18)19/h13-16H,5-12H2,1-4H3. The van der Waals surface area contributed by atoms with Crippen LogP contribution in [0.4, 0.5) is 0 Å². The highest BCUT2D eigenvalue weighted by Crippen LogP contribution is 2.27. The Morgan fingerprint density at radius 3 is 2.60 bits per heavy atom. The Bertz CT molecular complexity index is 368. The molecule has 0 aliphatic carbocycles. The number of hydrogen-bond donors (Lipinski definition) is 1. The fraction of sp³-hybridized carbons (Fsp3) is 1.00. The van der Waals surface area contributed by atoms with Gasteiger partial charge in [-0.2, -0.15) is 0 Å². The summed E-state index contributed by atoms with van der Waals surface area (Å²) in [6.45, 7) is 10.2. The largest absolute Gasteiger partial charge is 0.317 e. The third-order valence-corrected chi connectivity index (χ3v) is 5.37. The van der Waals surface area contributed by atoms with Crippen molar-refractivity contribution in [2.45, 2.75) is 46.5 Å². The average Bonchev–Trinajstić information content (AvgIpc) is 2.34. The van der Waals surface area contributed by atoms with Crippen LogP contribution in [0.15, 0.2) is 0 Å². The van der Waals surface area contributed by atoms with Crippen LogP contribution in [0.1, 0.15) is 46.5 Å². The monoisotopic (exact) mass is 304 g/mol. The van der Waals surface area contributed by atoms with Crippen molar-refractivity contribution < 1.29 is 8.42 Å². The van der Waals surface area contributed by atoms with Gasteiger partial charge in [-0.15, -0.1) is 0 Å². The van der Waals surface area contributed by atoms with Crippen LogP contribution in [0.25, 0.3) is 0 Å². The third-order valence-electron chi connectivity index (χ3n) is 4.11. The van der Waals surface area contributed by atoms with E-state index >= 15 is 0 Å². The van der Waals surface area contributed by atoms with E-state index in [2.05, 4.69) is 26.1 Å². The summed E-state index contributed by atoms with van der Waals surface area (Å²) in [6, 6.07) is 0. The molecule has 0 bridgehead atoms. The molecule has 0 spiro atoms. The second-order valence-corrected chi connectivity index (χ2v) is 8.65. The van der Waals surface area contributed by atoms with E-state index in [1.54, 1.807) is 4.31 Å². The van der Waals surface area contributed by atoms with Crippen molar-refractivity contribution in [3.8, 4) is 0 Å². The predicted molar refractivity (Wildman–Crippen MR) is 85.2 cm³/mol. The summed E-state index contributed by atoms with van der Waals surface area (Å²) in [7, 11) is -3.02. The van der Waals surface area contributed by atoms with Crippen molar-refractivity contribution in [1.82, 2.24) is 9.62 Å². The zero-order chi connectivity index (χ0) is 15.2. The molecule has 120 valence electrons. The third kappa shape index (κ3) is 6.55. The van der Waals surface area contributed by atoms with Gasteiger partial charge in [-0.1, -0.05) is 20.8 Å². The smallest absolute Gasteiger partial charge is 0.211 e. The zero-order valence-corrected chi connectivity index (χ0v) is 14.4. The van der Waals surface area contributed by atoms with Crippen LogP contribution < -0.4 is 5.32 Å². The number of hydrogen-bond acceptors (Lipinski definition) is 3. The maximum absolute atomic E-state index is 11.7. The molecule has 0 radical (unpaired) electrons. The van der Waals surface area contributed by atoms with E-state index < -0.39 is 10.0 Å². The fourth-order valence-corrected chi connectivity index (χ4v) is 4.21. The lowest BCUT2D eigenvalue weighted by molar-refractivity contribution is 0.217. The first-order valence-electron chi connectivity index (χ1n) is 7.98. The molecule has 1 rings (SSSR count). The van der Waals surface area contributed by atoms with Gasteiger partial charge in [-0.25, -0.2) is 12.7 Å². The summed E-state index contributed by atoms with van der Waals surface area (Å²) in [6.07, 6.45) is 5.89. The maximum atomic E-state index is 11.7. The van der Waals surface area contributed by atoms with E-state index in [1.165, 1.54) is 19.1 Å². The second kappa shape index (κ2) is 8.35. The quantitative estimate of drug-likeness (QED) is 0.749. The molecule has 1 fully saturated rings. The highest BCUT2D eigenvalue weighted by atomic mass is 32.2. The van der Waals surface area contributed by atoms with Crippen LogP contribution in [-0.2, 0) is 10.0 Å². The average molecular weight is 304 g/mol. The van der Waals surface area contributed by atoms with E-state index in [0.717, 1.165) is 32.5 Å². The lowest BCUT2D eigenvalue weighted by Gasteiger charge is -2.33. The Hall–Kier alpha value is -0.130. The van der Waals surface area contributed by atoms with Gasteiger partial charge < -0.3 is 5.32 Å². The van der Waals surface area contributed by atoms with Gasteiger partial charge in [0.25, 0.3) is 0 Å². The van der Waals surface area contributed by atoms with Gasteiger partial charge in [-0.05, 0) is 56.5 Å². The Labute approximate surface area is 125 Å². The van der Waals surface area contributed by atoms with Crippen LogP contribution in [-0.4, -0.2) is 45.2 Å². The molecule has 0 aromatic carbocycles. The molecule has 1 aliphatic heterocycles. The SMILES string of the molecule is CCNCC(CC(C)C)CC1CCCN(S(C)(=O)=O)C1. The highest BCUT2D eigenvalue weighted by Gasteiger charge is 2.27. The summed E-state index contributed by atoms with van der Waals surface area (Å²) >= 11 is 0. The molecular weight excluding hydrogens is 272 g/mol. The summed E-state index contributed by atoms with van der Waals surface area (Å²) < 4.78 is 25.0. The van der Waals surface area contributed by atoms with Gasteiger partial charge in [0.15, 0.2) is 0 Å². The Morgan fingerprint density at radius 2 is 2.05 bits per heavy atom. The topological polar surface area (TPSA) is 49.4 Å². The van der Waals surface area contributed by atoms with Crippen LogP contribution >= 0.6 is 0 Å². The number of nitrogens with zero attached hydrogens (tertiary/aromatic N) is 1. The molecule has 4 nitrogen and oxygen atoms in total. The molecule has 20 heavy (non-hydrogen) atoms. The molecule has 0 aromatic heterocycles. The van der Waals surface area contributed by atoms with E-state index in [0.29, 0.717) is 24.3 Å². The summed E-state index contributed by atoms with van der Waals surface area (Å²) in [5.41, 5.74) is 0. The van der Waals surface area contributed by atoms with E-state index in [4.69, 9.17) is 0 Å². The Morgan fingerprint density at radius 1 is 1.35 bits per heavy atom. The maximum Gasteiger partial charge on any atom is 0.211 e. The molecule has 1 saturated heterocycles. The molecule has 2 unspecified atom stereocenters. The van der Waals surface area contributed by atoms with Crippen LogP contribution in [0.3, 0.4) is 0 Å². The Kier molecular flexibility index (Phi) is 7.48.